The summed E-state index contributed by atoms with van der Waals surface area (Å²) in [4.78, 5) is 25.3. The van der Waals surface area contributed by atoms with E-state index in [1.165, 1.54) is 4.88 Å². The van der Waals surface area contributed by atoms with Crippen LogP contribution in [-0.4, -0.2) is 85.5 Å². The maximum absolute atomic E-state index is 12.7. The van der Waals surface area contributed by atoms with Crippen molar-refractivity contribution in [3.8, 4) is 0 Å². The standard InChI is InChI=1S/C21H35N5OS.HI/c1-17(15-19-7-6-14-28-19)16-23-21(22-3)26-12-10-24(11-13-26)18(2)20(27)25-8-4-5-9-25;/h6-7,14,17-18H,4-5,8-13,15-16H2,1-3H3,(H,22,23);1H. The van der Waals surface area contributed by atoms with Crippen molar-refractivity contribution >= 4 is 47.2 Å². The van der Waals surface area contributed by atoms with E-state index in [1.807, 2.05) is 23.3 Å². The van der Waals surface area contributed by atoms with Gasteiger partial charge in [-0.25, -0.2) is 0 Å². The Morgan fingerprint density at radius 3 is 2.41 bits per heavy atom. The molecule has 2 fully saturated rings. The van der Waals surface area contributed by atoms with Crippen LogP contribution < -0.4 is 5.32 Å². The number of halogens is 1. The fourth-order valence-corrected chi connectivity index (χ4v) is 4.99. The minimum absolute atomic E-state index is 0. The number of carbonyl (C=O) groups excluding carboxylic acids is 1. The number of carbonyl (C=O) groups is 1. The van der Waals surface area contributed by atoms with Crippen LogP contribution in [0.3, 0.4) is 0 Å². The Hall–Kier alpha value is -0.870. The molecule has 2 unspecified atom stereocenters. The normalized spacial score (nSPS) is 20.3. The van der Waals surface area contributed by atoms with Gasteiger partial charge in [-0.1, -0.05) is 13.0 Å². The molecular formula is C21H36IN5OS. The molecule has 3 rings (SSSR count). The minimum atomic E-state index is -0.0129. The van der Waals surface area contributed by atoms with Gasteiger partial charge in [-0.05, 0) is 43.6 Å². The SMILES string of the molecule is CN=C(NCC(C)Cc1cccs1)N1CCN(C(C)C(=O)N2CCCC2)CC1.I. The second-order valence-corrected chi connectivity index (χ2v) is 9.08. The van der Waals surface area contributed by atoms with E-state index in [1.54, 1.807) is 0 Å². The monoisotopic (exact) mass is 533 g/mol. The summed E-state index contributed by atoms with van der Waals surface area (Å²) in [6.07, 6.45) is 3.41. The Morgan fingerprint density at radius 2 is 1.83 bits per heavy atom. The number of amides is 1. The zero-order chi connectivity index (χ0) is 19.9. The first-order valence-electron chi connectivity index (χ1n) is 10.6. The van der Waals surface area contributed by atoms with Crippen LogP contribution in [-0.2, 0) is 11.2 Å². The predicted molar refractivity (Wildman–Crippen MR) is 132 cm³/mol. The van der Waals surface area contributed by atoms with Gasteiger partial charge in [-0.3, -0.25) is 14.7 Å². The van der Waals surface area contributed by atoms with E-state index in [4.69, 9.17) is 0 Å². The van der Waals surface area contributed by atoms with Gasteiger partial charge in [0, 0.05) is 57.7 Å². The molecule has 1 aromatic rings. The minimum Gasteiger partial charge on any atom is -0.356 e. The summed E-state index contributed by atoms with van der Waals surface area (Å²) in [6, 6.07) is 4.31. The van der Waals surface area contributed by atoms with Gasteiger partial charge in [0.1, 0.15) is 0 Å². The van der Waals surface area contributed by atoms with Crippen LogP contribution >= 0.6 is 35.3 Å². The van der Waals surface area contributed by atoms with E-state index in [0.29, 0.717) is 11.8 Å². The third-order valence-electron chi connectivity index (χ3n) is 5.89. The quantitative estimate of drug-likeness (QED) is 0.347. The van der Waals surface area contributed by atoms with Crippen molar-refractivity contribution in [3.63, 3.8) is 0 Å². The largest absolute Gasteiger partial charge is 0.356 e. The van der Waals surface area contributed by atoms with Crippen LogP contribution in [0, 0.1) is 5.92 Å². The molecule has 0 spiro atoms. The number of thiophene rings is 1. The number of guanidine groups is 1. The van der Waals surface area contributed by atoms with Crippen molar-refractivity contribution in [3.05, 3.63) is 22.4 Å². The molecule has 0 bridgehead atoms. The van der Waals surface area contributed by atoms with Gasteiger partial charge in [0.05, 0.1) is 6.04 Å². The molecule has 6 nitrogen and oxygen atoms in total. The van der Waals surface area contributed by atoms with Crippen molar-refractivity contribution in [2.24, 2.45) is 10.9 Å². The van der Waals surface area contributed by atoms with Gasteiger partial charge in [-0.15, -0.1) is 35.3 Å². The number of hydrogen-bond acceptors (Lipinski definition) is 4. The molecule has 2 aliphatic heterocycles. The molecule has 2 atom stereocenters. The van der Waals surface area contributed by atoms with Crippen molar-refractivity contribution in [2.45, 2.75) is 39.2 Å². The first-order chi connectivity index (χ1) is 13.6. The molecule has 1 N–H and O–H groups in total. The summed E-state index contributed by atoms with van der Waals surface area (Å²) in [5, 5.41) is 5.69. The third kappa shape index (κ3) is 6.82. The molecule has 0 saturated carbocycles. The molecule has 2 aliphatic rings. The molecule has 0 aliphatic carbocycles. The summed E-state index contributed by atoms with van der Waals surface area (Å²) in [7, 11) is 1.86. The summed E-state index contributed by atoms with van der Waals surface area (Å²) in [6.45, 7) is 10.8. The van der Waals surface area contributed by atoms with Crippen LogP contribution in [0.1, 0.15) is 31.6 Å². The number of piperazine rings is 1. The summed E-state index contributed by atoms with van der Waals surface area (Å²) >= 11 is 1.83. The Labute approximate surface area is 196 Å². The van der Waals surface area contributed by atoms with Crippen molar-refractivity contribution in [1.29, 1.82) is 0 Å². The average molecular weight is 534 g/mol. The van der Waals surface area contributed by atoms with Crippen LogP contribution in [0.4, 0.5) is 0 Å². The lowest BCUT2D eigenvalue weighted by Gasteiger charge is -2.39. The van der Waals surface area contributed by atoms with Crippen LogP contribution in [0.15, 0.2) is 22.5 Å². The number of aliphatic imine (C=N–C) groups is 1. The zero-order valence-corrected chi connectivity index (χ0v) is 21.1. The Morgan fingerprint density at radius 1 is 1.14 bits per heavy atom. The smallest absolute Gasteiger partial charge is 0.239 e. The predicted octanol–water partition coefficient (Wildman–Crippen LogP) is 2.75. The van der Waals surface area contributed by atoms with E-state index < -0.39 is 0 Å². The lowest BCUT2D eigenvalue weighted by Crippen LogP contribution is -2.57. The molecule has 2 saturated heterocycles. The van der Waals surface area contributed by atoms with E-state index in [9.17, 15) is 4.79 Å². The van der Waals surface area contributed by atoms with Crippen molar-refractivity contribution in [1.82, 2.24) is 20.0 Å². The lowest BCUT2D eigenvalue weighted by molar-refractivity contribution is -0.135. The number of nitrogens with one attached hydrogen (secondary N) is 1. The van der Waals surface area contributed by atoms with Gasteiger partial charge in [0.25, 0.3) is 0 Å². The Bertz CT molecular complexity index is 640. The fourth-order valence-electron chi connectivity index (χ4n) is 4.12. The van der Waals surface area contributed by atoms with E-state index >= 15 is 0 Å². The zero-order valence-electron chi connectivity index (χ0n) is 18.0. The summed E-state index contributed by atoms with van der Waals surface area (Å²) < 4.78 is 0. The van der Waals surface area contributed by atoms with Gasteiger partial charge >= 0.3 is 0 Å². The van der Waals surface area contributed by atoms with Gasteiger partial charge in [0.15, 0.2) is 5.96 Å². The molecule has 29 heavy (non-hydrogen) atoms. The highest BCUT2D eigenvalue weighted by atomic mass is 127. The van der Waals surface area contributed by atoms with Gasteiger partial charge < -0.3 is 15.1 Å². The van der Waals surface area contributed by atoms with Gasteiger partial charge in [0.2, 0.25) is 5.91 Å². The van der Waals surface area contributed by atoms with Crippen LogP contribution in [0.5, 0.6) is 0 Å². The third-order valence-corrected chi connectivity index (χ3v) is 6.79. The van der Waals surface area contributed by atoms with Crippen molar-refractivity contribution in [2.75, 3.05) is 52.9 Å². The van der Waals surface area contributed by atoms with E-state index in [-0.39, 0.29) is 30.0 Å². The molecule has 1 amide bonds. The van der Waals surface area contributed by atoms with Crippen LogP contribution in [0.25, 0.3) is 0 Å². The molecule has 8 heteroatoms. The van der Waals surface area contributed by atoms with Crippen LogP contribution in [0.2, 0.25) is 0 Å². The fraction of sp³-hybridized carbons (Fsp3) is 0.714. The first kappa shape index (κ1) is 24.4. The number of rotatable bonds is 6. The number of hydrogen-bond donors (Lipinski definition) is 1. The lowest BCUT2D eigenvalue weighted by atomic mass is 10.1. The van der Waals surface area contributed by atoms with Gasteiger partial charge in [-0.2, -0.15) is 0 Å². The summed E-state index contributed by atoms with van der Waals surface area (Å²) in [5.41, 5.74) is 0. The Balaban J connectivity index is 0.00000300. The highest BCUT2D eigenvalue weighted by Gasteiger charge is 2.30. The Kier molecular flexibility index (Phi) is 10.2. The molecule has 3 heterocycles. The maximum atomic E-state index is 12.7. The maximum Gasteiger partial charge on any atom is 0.239 e. The van der Waals surface area contributed by atoms with E-state index in [2.05, 4.69) is 51.5 Å². The second kappa shape index (κ2) is 12.1. The molecule has 0 radical (unpaired) electrons. The molecule has 1 aromatic heterocycles. The molecule has 0 aromatic carbocycles. The highest BCUT2D eigenvalue weighted by molar-refractivity contribution is 14.0. The van der Waals surface area contributed by atoms with E-state index in [0.717, 1.165) is 71.0 Å². The first-order valence-corrected chi connectivity index (χ1v) is 11.5. The summed E-state index contributed by atoms with van der Waals surface area (Å²) in [5.74, 6) is 1.85. The molecule has 164 valence electrons. The topological polar surface area (TPSA) is 51.2 Å². The molecular weight excluding hydrogens is 497 g/mol. The highest BCUT2D eigenvalue weighted by Crippen LogP contribution is 2.15. The number of nitrogens with zero attached hydrogens (tertiary/aromatic N) is 4. The number of likely N-dealkylation sites (tertiary alicyclic amines) is 1. The second-order valence-electron chi connectivity index (χ2n) is 8.05. The van der Waals surface area contributed by atoms with Crippen molar-refractivity contribution < 1.29 is 4.79 Å². The average Bonchev–Trinajstić information content (AvgIpc) is 3.42.